The van der Waals surface area contributed by atoms with E-state index < -0.39 is 0 Å². The van der Waals surface area contributed by atoms with E-state index in [0.29, 0.717) is 0 Å². The minimum absolute atomic E-state index is 0.132. The Morgan fingerprint density at radius 1 is 1.38 bits per heavy atom. The summed E-state index contributed by atoms with van der Waals surface area (Å²) in [7, 11) is 0. The molecule has 0 atom stereocenters. The molecule has 2 N–H and O–H groups in total. The Balaban J connectivity index is 3.13. The molecule has 2 nitrogen and oxygen atoms in total. The Kier molecular flexibility index (Phi) is 1.08. The van der Waals surface area contributed by atoms with Crippen LogP contribution in [-0.4, -0.2) is 10.2 Å². The van der Waals surface area contributed by atoms with Gasteiger partial charge in [0, 0.05) is 6.07 Å². The highest BCUT2D eigenvalue weighted by Gasteiger charge is 1.91. The molecule has 1 radical (unpaired) electrons. The monoisotopic (exact) mass is 109 g/mol. The topological polar surface area (TPSA) is 40.5 Å². The van der Waals surface area contributed by atoms with Crippen molar-refractivity contribution < 1.29 is 10.2 Å². The fourth-order valence-electron chi connectivity index (χ4n) is 0.419. The van der Waals surface area contributed by atoms with Crippen LogP contribution in [0.3, 0.4) is 0 Å². The first kappa shape index (κ1) is 4.97. The van der Waals surface area contributed by atoms with Crippen molar-refractivity contribution in [3.63, 3.8) is 0 Å². The fourth-order valence-corrected chi connectivity index (χ4v) is 0.419. The van der Waals surface area contributed by atoms with Crippen molar-refractivity contribution in [2.75, 3.05) is 0 Å². The van der Waals surface area contributed by atoms with E-state index in [-0.39, 0.29) is 11.5 Å². The van der Waals surface area contributed by atoms with E-state index >= 15 is 0 Å². The molecular weight excluding hydrogens is 104 g/mol. The van der Waals surface area contributed by atoms with Crippen molar-refractivity contribution in [1.82, 2.24) is 0 Å². The second-order valence-corrected chi connectivity index (χ2v) is 1.40. The molecule has 0 saturated carbocycles. The number of benzene rings is 1. The van der Waals surface area contributed by atoms with Crippen molar-refractivity contribution in [2.24, 2.45) is 0 Å². The highest BCUT2D eigenvalue weighted by molar-refractivity contribution is 5.35. The van der Waals surface area contributed by atoms with Gasteiger partial charge in [-0.3, -0.25) is 0 Å². The zero-order valence-electron chi connectivity index (χ0n) is 4.13. The van der Waals surface area contributed by atoms with Gasteiger partial charge >= 0.3 is 0 Å². The van der Waals surface area contributed by atoms with E-state index in [1.54, 1.807) is 6.07 Å². The largest absolute Gasteiger partial charge is 0.504 e. The van der Waals surface area contributed by atoms with Crippen LogP contribution < -0.4 is 0 Å². The lowest BCUT2D eigenvalue weighted by Crippen LogP contribution is -1.64. The molecule has 0 heterocycles. The lowest BCUT2D eigenvalue weighted by atomic mass is 10.3. The van der Waals surface area contributed by atoms with Crippen LogP contribution in [0.5, 0.6) is 11.5 Å². The lowest BCUT2D eigenvalue weighted by Gasteiger charge is -1.90. The van der Waals surface area contributed by atoms with Gasteiger partial charge < -0.3 is 10.2 Å². The molecule has 1 rings (SSSR count). The van der Waals surface area contributed by atoms with Crippen molar-refractivity contribution in [3.8, 4) is 11.5 Å². The van der Waals surface area contributed by atoms with E-state index in [1.165, 1.54) is 12.1 Å². The summed E-state index contributed by atoms with van der Waals surface area (Å²) < 4.78 is 0. The zero-order chi connectivity index (χ0) is 5.98. The molecule has 0 fully saturated rings. The van der Waals surface area contributed by atoms with Gasteiger partial charge in [-0.15, -0.1) is 0 Å². The Hall–Kier alpha value is -1.18. The number of hydrogen-bond acceptors (Lipinski definition) is 2. The third-order valence-corrected chi connectivity index (χ3v) is 0.813. The SMILES string of the molecule is Oc1[c]cccc1O. The quantitative estimate of drug-likeness (QED) is 0.486. The van der Waals surface area contributed by atoms with Gasteiger partial charge in [-0.2, -0.15) is 0 Å². The number of phenolic OH excluding ortho intramolecular Hbond substituents is 2. The standard InChI is InChI=1S/C6H5O2/c7-5-3-1-2-4-6(5)8/h1-3,7-8H. The number of aromatic hydroxyl groups is 2. The van der Waals surface area contributed by atoms with Gasteiger partial charge in [-0.1, -0.05) is 12.1 Å². The van der Waals surface area contributed by atoms with Crippen LogP contribution in [0.4, 0.5) is 0 Å². The molecule has 0 aliphatic carbocycles. The number of para-hydroxylation sites is 1. The fraction of sp³-hybridized carbons (Fsp3) is 0. The number of hydrogen-bond donors (Lipinski definition) is 2. The van der Waals surface area contributed by atoms with Crippen LogP contribution in [0, 0.1) is 6.07 Å². The minimum Gasteiger partial charge on any atom is -0.504 e. The van der Waals surface area contributed by atoms with Crippen molar-refractivity contribution in [3.05, 3.63) is 24.3 Å². The second kappa shape index (κ2) is 1.74. The summed E-state index contributed by atoms with van der Waals surface area (Å²) in [5, 5.41) is 17.3. The molecular formula is C6H5O2. The van der Waals surface area contributed by atoms with Gasteiger partial charge in [0.2, 0.25) is 0 Å². The number of phenols is 2. The maximum atomic E-state index is 8.64. The van der Waals surface area contributed by atoms with Crippen molar-refractivity contribution in [1.29, 1.82) is 0 Å². The summed E-state index contributed by atoms with van der Waals surface area (Å²) in [6, 6.07) is 6.91. The summed E-state index contributed by atoms with van der Waals surface area (Å²) in [6.45, 7) is 0. The smallest absolute Gasteiger partial charge is 0.165 e. The highest BCUT2D eigenvalue weighted by Crippen LogP contribution is 2.20. The van der Waals surface area contributed by atoms with Crippen LogP contribution in [-0.2, 0) is 0 Å². The third kappa shape index (κ3) is 0.729. The van der Waals surface area contributed by atoms with E-state index in [1.807, 2.05) is 0 Å². The molecule has 8 heavy (non-hydrogen) atoms. The molecule has 41 valence electrons. The number of rotatable bonds is 0. The maximum Gasteiger partial charge on any atom is 0.165 e. The summed E-state index contributed by atoms with van der Waals surface area (Å²) in [4.78, 5) is 0. The van der Waals surface area contributed by atoms with E-state index in [2.05, 4.69) is 6.07 Å². The molecule has 0 spiro atoms. The molecule has 0 aliphatic heterocycles. The molecule has 0 unspecified atom stereocenters. The van der Waals surface area contributed by atoms with E-state index in [0.717, 1.165) is 0 Å². The predicted octanol–water partition coefficient (Wildman–Crippen LogP) is 0.898. The minimum atomic E-state index is -0.201. The average molecular weight is 109 g/mol. The second-order valence-electron chi connectivity index (χ2n) is 1.40. The van der Waals surface area contributed by atoms with Crippen LogP contribution in [0.15, 0.2) is 18.2 Å². The summed E-state index contributed by atoms with van der Waals surface area (Å²) >= 11 is 0. The van der Waals surface area contributed by atoms with Gasteiger partial charge in [-0.25, -0.2) is 0 Å². The van der Waals surface area contributed by atoms with Gasteiger partial charge in [0.1, 0.15) is 0 Å². The summed E-state index contributed by atoms with van der Waals surface area (Å²) in [6.07, 6.45) is 0. The van der Waals surface area contributed by atoms with Gasteiger partial charge in [-0.05, 0) is 6.07 Å². The Morgan fingerprint density at radius 3 is 2.50 bits per heavy atom. The molecule has 0 saturated heterocycles. The summed E-state index contributed by atoms with van der Waals surface area (Å²) in [5.41, 5.74) is 0. The highest BCUT2D eigenvalue weighted by atomic mass is 16.3. The van der Waals surface area contributed by atoms with Gasteiger partial charge in [0.25, 0.3) is 0 Å². The molecule has 0 aliphatic rings. The van der Waals surface area contributed by atoms with Crippen LogP contribution in [0.25, 0.3) is 0 Å². The Morgan fingerprint density at radius 2 is 2.12 bits per heavy atom. The zero-order valence-corrected chi connectivity index (χ0v) is 4.13. The maximum absolute atomic E-state index is 8.64. The third-order valence-electron chi connectivity index (χ3n) is 0.813. The molecule has 0 aromatic heterocycles. The molecule has 0 amide bonds. The average Bonchev–Trinajstić information content (AvgIpc) is 1.77. The van der Waals surface area contributed by atoms with Gasteiger partial charge in [0.05, 0.1) is 0 Å². The van der Waals surface area contributed by atoms with Crippen molar-refractivity contribution in [2.45, 2.75) is 0 Å². The normalized spacial score (nSPS) is 9.00. The first-order valence-corrected chi connectivity index (χ1v) is 2.19. The van der Waals surface area contributed by atoms with Crippen LogP contribution in [0.1, 0.15) is 0 Å². The molecule has 0 bridgehead atoms. The molecule has 1 aromatic rings. The molecule has 2 heteroatoms. The van der Waals surface area contributed by atoms with Crippen LogP contribution >= 0.6 is 0 Å². The predicted molar refractivity (Wildman–Crippen MR) is 28.6 cm³/mol. The molecule has 1 aromatic carbocycles. The lowest BCUT2D eigenvalue weighted by molar-refractivity contribution is 0.403. The Labute approximate surface area is 47.0 Å². The van der Waals surface area contributed by atoms with Gasteiger partial charge in [0.15, 0.2) is 11.5 Å². The van der Waals surface area contributed by atoms with E-state index in [9.17, 15) is 0 Å². The Bertz CT molecular complexity index is 163. The van der Waals surface area contributed by atoms with Crippen LogP contribution in [0.2, 0.25) is 0 Å². The first-order chi connectivity index (χ1) is 3.80. The van der Waals surface area contributed by atoms with Crippen molar-refractivity contribution >= 4 is 0 Å². The van der Waals surface area contributed by atoms with E-state index in [4.69, 9.17) is 10.2 Å². The first-order valence-electron chi connectivity index (χ1n) is 2.19. The summed E-state index contributed by atoms with van der Waals surface area (Å²) in [5.74, 6) is -0.333.